The van der Waals surface area contributed by atoms with Crippen LogP contribution in [0.4, 0.5) is 0 Å². The molecule has 3 aromatic rings. The number of hydrogen-bond acceptors (Lipinski definition) is 6. The monoisotopic (exact) mass is 528 g/mol. The first-order valence-electron chi connectivity index (χ1n) is 12.7. The van der Waals surface area contributed by atoms with E-state index in [-0.39, 0.29) is 5.92 Å². The molecule has 1 N–H and O–H groups in total. The van der Waals surface area contributed by atoms with E-state index in [4.69, 9.17) is 30.8 Å². The van der Waals surface area contributed by atoms with Crippen LogP contribution in [0.25, 0.3) is 0 Å². The van der Waals surface area contributed by atoms with Gasteiger partial charge in [0.2, 0.25) is 0 Å². The van der Waals surface area contributed by atoms with Gasteiger partial charge in [-0.1, -0.05) is 78.5 Å². The zero-order valence-electron chi connectivity index (χ0n) is 21.6. The largest absolute Gasteiger partial charge is 0.554 e. The lowest BCUT2D eigenvalue weighted by Crippen LogP contribution is -2.41. The Morgan fingerprint density at radius 2 is 1.78 bits per heavy atom. The van der Waals surface area contributed by atoms with Crippen LogP contribution in [0.2, 0.25) is 5.02 Å². The molecule has 8 heteroatoms. The number of halogens is 1. The summed E-state index contributed by atoms with van der Waals surface area (Å²) in [6.07, 6.45) is 5.50. The van der Waals surface area contributed by atoms with Crippen LogP contribution in [0.1, 0.15) is 54.7 Å². The summed E-state index contributed by atoms with van der Waals surface area (Å²) >= 11 is 5.95. The van der Waals surface area contributed by atoms with Crippen LogP contribution in [-0.2, 0) is 28.3 Å². The van der Waals surface area contributed by atoms with Gasteiger partial charge in [0.25, 0.3) is 0 Å². The molecule has 0 aliphatic heterocycles. The molecule has 1 unspecified atom stereocenters. The molecule has 0 bridgehead atoms. The van der Waals surface area contributed by atoms with Crippen molar-refractivity contribution in [1.82, 2.24) is 5.16 Å². The van der Waals surface area contributed by atoms with Crippen LogP contribution in [0.15, 0.2) is 65.2 Å². The van der Waals surface area contributed by atoms with E-state index in [1.165, 1.54) is 6.42 Å². The maximum atomic E-state index is 12.0. The maximum Gasteiger partial charge on any atom is 0.173 e. The Balaban J connectivity index is 0.00000121. The van der Waals surface area contributed by atoms with Crippen molar-refractivity contribution in [2.45, 2.75) is 50.9 Å². The van der Waals surface area contributed by atoms with Crippen LogP contribution in [0, 0.1) is 5.92 Å². The van der Waals surface area contributed by atoms with Gasteiger partial charge in [-0.3, -0.25) is 0 Å². The number of aliphatic hydroxyl groups is 1. The number of carboxylic acid groups (broad SMARTS) is 1. The molecule has 2 aromatic carbocycles. The van der Waals surface area contributed by atoms with E-state index in [9.17, 15) is 5.11 Å². The molecule has 1 saturated carbocycles. The van der Waals surface area contributed by atoms with Crippen molar-refractivity contribution in [3.63, 3.8) is 0 Å². The molecule has 4 rings (SSSR count). The molecule has 0 radical (unpaired) electrons. The summed E-state index contributed by atoms with van der Waals surface area (Å²) in [5, 5.41) is 25.4. The minimum absolute atomic E-state index is 0.133. The van der Waals surface area contributed by atoms with E-state index >= 15 is 0 Å². The summed E-state index contributed by atoms with van der Waals surface area (Å²) in [7, 11) is 4.31. The van der Waals surface area contributed by atoms with Crippen LogP contribution in [0.5, 0.6) is 0 Å². The average molecular weight is 529 g/mol. The number of aromatic nitrogens is 1. The van der Waals surface area contributed by atoms with Gasteiger partial charge in [-0.2, -0.15) is 0 Å². The minimum atomic E-state index is -1.15. The van der Waals surface area contributed by atoms with Crippen molar-refractivity contribution in [2.75, 3.05) is 27.2 Å². The normalized spacial score (nSPS) is 15.9. The Hall–Kier alpha value is -2.71. The Labute approximate surface area is 224 Å². The van der Waals surface area contributed by atoms with Gasteiger partial charge >= 0.3 is 0 Å². The highest BCUT2D eigenvalue weighted by atomic mass is 35.5. The summed E-state index contributed by atoms with van der Waals surface area (Å²) < 4.78 is 12.4. The summed E-state index contributed by atoms with van der Waals surface area (Å²) in [4.78, 5) is 8.25. The third-order valence-corrected chi connectivity index (χ3v) is 7.21. The standard InChI is InChI=1S/C28H36ClN2O3.CH2O2/c1-31(2,17-18-33-21-22-13-15-25(29)16-14-22)20-26-19-27(34-30-26)28(32,23-9-5-3-6-10-23)24-11-7-4-8-12-24;2-1-3/h3,5-6,9-10,13-16,19,24,32H,4,7-8,11-12,17-18,20-21H2,1-2H3;1H,(H,2,3)/q+1;/p-1. The number of nitrogens with zero attached hydrogens (tertiary/aromatic N) is 2. The number of carbonyl (C=O) groups excluding carboxylic acids is 1. The fourth-order valence-electron chi connectivity index (χ4n) is 4.96. The molecule has 1 atom stereocenters. The molecule has 1 aliphatic carbocycles. The lowest BCUT2D eigenvalue weighted by atomic mass is 9.72. The van der Waals surface area contributed by atoms with Gasteiger partial charge in [-0.05, 0) is 42.0 Å². The number of likely N-dealkylation sites (N-methyl/N-ethyl adjacent to an activating group) is 1. The third-order valence-electron chi connectivity index (χ3n) is 6.96. The molecular formula is C29H37ClN2O5. The number of quaternary nitrogens is 1. The summed E-state index contributed by atoms with van der Waals surface area (Å²) in [5.74, 6) is 0.688. The SMILES string of the molecule is C[N+](C)(CCOCc1ccc(Cl)cc1)Cc1cc(C(O)(c2ccccc2)C2CCCCC2)on1.O=C[O-]. The van der Waals surface area contributed by atoms with Gasteiger partial charge in [0, 0.05) is 17.6 Å². The van der Waals surface area contributed by atoms with Crippen LogP contribution < -0.4 is 5.11 Å². The third kappa shape index (κ3) is 8.14. The Morgan fingerprint density at radius 3 is 2.43 bits per heavy atom. The van der Waals surface area contributed by atoms with Gasteiger partial charge in [0.1, 0.15) is 18.8 Å². The number of ether oxygens (including phenoxy) is 1. The molecule has 1 fully saturated rings. The van der Waals surface area contributed by atoms with Crippen LogP contribution in [-0.4, -0.2) is 48.5 Å². The Bertz CT molecular complexity index is 1080. The first kappa shape index (κ1) is 28.9. The van der Waals surface area contributed by atoms with E-state index in [0.717, 1.165) is 54.1 Å². The lowest BCUT2D eigenvalue weighted by Gasteiger charge is -2.37. The van der Waals surface area contributed by atoms with Crippen LogP contribution >= 0.6 is 11.6 Å². The highest BCUT2D eigenvalue weighted by Crippen LogP contribution is 2.44. The van der Waals surface area contributed by atoms with Crippen molar-refractivity contribution in [3.8, 4) is 0 Å². The first-order valence-corrected chi connectivity index (χ1v) is 13.1. The van der Waals surface area contributed by atoms with E-state index in [0.29, 0.717) is 30.0 Å². The number of hydrogen-bond donors (Lipinski definition) is 1. The summed E-state index contributed by atoms with van der Waals surface area (Å²) in [5.41, 5.74) is 1.70. The van der Waals surface area contributed by atoms with Crippen LogP contribution in [0.3, 0.4) is 0 Å². The molecule has 0 amide bonds. The lowest BCUT2D eigenvalue weighted by molar-refractivity contribution is -0.904. The van der Waals surface area contributed by atoms with E-state index < -0.39 is 12.1 Å². The second kappa shape index (κ2) is 13.7. The molecule has 200 valence electrons. The molecule has 37 heavy (non-hydrogen) atoms. The minimum Gasteiger partial charge on any atom is -0.554 e. The summed E-state index contributed by atoms with van der Waals surface area (Å²) in [6.45, 7) is 2.23. The highest BCUT2D eigenvalue weighted by Gasteiger charge is 2.44. The number of benzene rings is 2. The van der Waals surface area contributed by atoms with E-state index in [2.05, 4.69) is 19.3 Å². The van der Waals surface area contributed by atoms with Gasteiger partial charge in [0.15, 0.2) is 11.4 Å². The topological polar surface area (TPSA) is 95.6 Å². The predicted molar refractivity (Wildman–Crippen MR) is 140 cm³/mol. The van der Waals surface area contributed by atoms with Crippen molar-refractivity contribution >= 4 is 18.1 Å². The fourth-order valence-corrected chi connectivity index (χ4v) is 5.08. The Morgan fingerprint density at radius 1 is 1.14 bits per heavy atom. The van der Waals surface area contributed by atoms with Gasteiger partial charge in [-0.25, -0.2) is 0 Å². The average Bonchev–Trinajstić information content (AvgIpc) is 3.37. The molecule has 1 aromatic heterocycles. The highest BCUT2D eigenvalue weighted by molar-refractivity contribution is 6.30. The molecule has 0 spiro atoms. The predicted octanol–water partition coefficient (Wildman–Crippen LogP) is 4.30. The van der Waals surface area contributed by atoms with Crippen molar-refractivity contribution < 1.29 is 28.8 Å². The van der Waals surface area contributed by atoms with Gasteiger partial charge in [-0.15, -0.1) is 0 Å². The molecule has 0 saturated heterocycles. The van der Waals surface area contributed by atoms with Gasteiger partial charge in [0.05, 0.1) is 27.3 Å². The number of rotatable bonds is 10. The zero-order chi connectivity index (χ0) is 26.7. The molecule has 7 nitrogen and oxygen atoms in total. The Kier molecular flexibility index (Phi) is 10.7. The van der Waals surface area contributed by atoms with Gasteiger partial charge < -0.3 is 28.8 Å². The number of carbonyl (C=O) groups is 1. The second-order valence-corrected chi connectivity index (χ2v) is 10.7. The summed E-state index contributed by atoms with van der Waals surface area (Å²) in [6, 6.07) is 19.6. The second-order valence-electron chi connectivity index (χ2n) is 10.2. The fraction of sp³-hybridized carbons (Fsp3) is 0.448. The van der Waals surface area contributed by atoms with Crippen molar-refractivity contribution in [2.24, 2.45) is 5.92 Å². The molecule has 1 aliphatic rings. The zero-order valence-corrected chi connectivity index (χ0v) is 22.4. The van der Waals surface area contributed by atoms with E-state index in [1.807, 2.05) is 60.7 Å². The smallest absolute Gasteiger partial charge is 0.173 e. The maximum absolute atomic E-state index is 12.0. The first-order chi connectivity index (χ1) is 17.8. The van der Waals surface area contributed by atoms with E-state index in [1.54, 1.807) is 0 Å². The molecule has 1 heterocycles. The molecular weight excluding hydrogens is 492 g/mol. The van der Waals surface area contributed by atoms with Crippen molar-refractivity contribution in [3.05, 3.63) is 88.3 Å². The van der Waals surface area contributed by atoms with Crippen molar-refractivity contribution in [1.29, 1.82) is 0 Å². The quantitative estimate of drug-likeness (QED) is 0.239.